The maximum absolute atomic E-state index is 5.82. The van der Waals surface area contributed by atoms with Crippen LogP contribution in [0.1, 0.15) is 36.3 Å². The minimum Gasteiger partial charge on any atom is -0.490 e. The number of ether oxygens (including phenoxy) is 2. The molecule has 2 aliphatic heterocycles. The van der Waals surface area contributed by atoms with E-state index in [4.69, 9.17) is 9.47 Å². The SMILES string of the molecule is Cc1cc(C2CCNCC2)cc2c1OCCCO2. The summed E-state index contributed by atoms with van der Waals surface area (Å²) < 4.78 is 11.6. The number of hydrogen-bond donors (Lipinski definition) is 1. The Morgan fingerprint density at radius 2 is 1.89 bits per heavy atom. The van der Waals surface area contributed by atoms with Gasteiger partial charge in [0.1, 0.15) is 0 Å². The van der Waals surface area contributed by atoms with Crippen molar-refractivity contribution >= 4 is 0 Å². The second-order valence-corrected chi connectivity index (χ2v) is 5.24. The van der Waals surface area contributed by atoms with Crippen LogP contribution in [0.15, 0.2) is 12.1 Å². The predicted molar refractivity (Wildman–Crippen MR) is 71.6 cm³/mol. The van der Waals surface area contributed by atoms with E-state index in [2.05, 4.69) is 24.4 Å². The first-order valence-corrected chi connectivity index (χ1v) is 6.95. The maximum Gasteiger partial charge on any atom is 0.164 e. The summed E-state index contributed by atoms with van der Waals surface area (Å²) in [7, 11) is 0. The number of rotatable bonds is 1. The van der Waals surface area contributed by atoms with Gasteiger partial charge in [0.05, 0.1) is 13.2 Å². The van der Waals surface area contributed by atoms with Crippen molar-refractivity contribution in [2.75, 3.05) is 26.3 Å². The molecule has 2 aliphatic rings. The summed E-state index contributed by atoms with van der Waals surface area (Å²) in [6, 6.07) is 4.48. The van der Waals surface area contributed by atoms with E-state index >= 15 is 0 Å². The van der Waals surface area contributed by atoms with Gasteiger partial charge in [0.15, 0.2) is 11.5 Å². The molecule has 0 amide bonds. The van der Waals surface area contributed by atoms with E-state index < -0.39 is 0 Å². The molecular formula is C15H21NO2. The van der Waals surface area contributed by atoms with Gasteiger partial charge in [0, 0.05) is 6.42 Å². The molecule has 2 heterocycles. The second-order valence-electron chi connectivity index (χ2n) is 5.24. The number of nitrogens with one attached hydrogen (secondary N) is 1. The van der Waals surface area contributed by atoms with Gasteiger partial charge in [0.25, 0.3) is 0 Å². The molecule has 0 atom stereocenters. The molecule has 3 rings (SSSR count). The van der Waals surface area contributed by atoms with Gasteiger partial charge in [-0.15, -0.1) is 0 Å². The lowest BCUT2D eigenvalue weighted by atomic mass is 9.89. The zero-order valence-corrected chi connectivity index (χ0v) is 11.0. The molecule has 1 N–H and O–H groups in total. The third kappa shape index (κ3) is 2.32. The zero-order valence-electron chi connectivity index (χ0n) is 11.0. The summed E-state index contributed by atoms with van der Waals surface area (Å²) in [5.41, 5.74) is 2.63. The fraction of sp³-hybridized carbons (Fsp3) is 0.600. The molecule has 0 aromatic heterocycles. The highest BCUT2D eigenvalue weighted by atomic mass is 16.5. The maximum atomic E-state index is 5.82. The zero-order chi connectivity index (χ0) is 12.4. The van der Waals surface area contributed by atoms with E-state index in [-0.39, 0.29) is 0 Å². The summed E-state index contributed by atoms with van der Waals surface area (Å²) in [6.07, 6.45) is 3.41. The summed E-state index contributed by atoms with van der Waals surface area (Å²) >= 11 is 0. The number of piperidine rings is 1. The van der Waals surface area contributed by atoms with E-state index in [1.54, 1.807) is 0 Å². The Hall–Kier alpha value is -1.22. The third-order valence-corrected chi connectivity index (χ3v) is 3.87. The number of hydrogen-bond acceptors (Lipinski definition) is 3. The first kappa shape index (κ1) is 11.8. The molecule has 18 heavy (non-hydrogen) atoms. The largest absolute Gasteiger partial charge is 0.490 e. The Labute approximate surface area is 108 Å². The minimum atomic E-state index is 0.669. The van der Waals surface area contributed by atoms with Crippen molar-refractivity contribution in [2.45, 2.75) is 32.1 Å². The van der Waals surface area contributed by atoms with Gasteiger partial charge in [-0.1, -0.05) is 6.07 Å². The molecule has 0 spiro atoms. The van der Waals surface area contributed by atoms with Crippen molar-refractivity contribution in [3.63, 3.8) is 0 Å². The van der Waals surface area contributed by atoms with Crippen LogP contribution in [0, 0.1) is 6.92 Å². The Bertz CT molecular complexity index is 425. The molecule has 1 saturated heterocycles. The van der Waals surface area contributed by atoms with Crippen LogP contribution < -0.4 is 14.8 Å². The van der Waals surface area contributed by atoms with E-state index in [1.165, 1.54) is 24.0 Å². The number of aryl methyl sites for hydroxylation is 1. The summed E-state index contributed by atoms with van der Waals surface area (Å²) in [6.45, 7) is 5.90. The number of fused-ring (bicyclic) bond motifs is 1. The molecule has 0 radical (unpaired) electrons. The van der Waals surface area contributed by atoms with E-state index in [1.807, 2.05) is 0 Å². The lowest BCUT2D eigenvalue weighted by molar-refractivity contribution is 0.296. The molecule has 0 aliphatic carbocycles. The number of benzene rings is 1. The molecule has 1 fully saturated rings. The van der Waals surface area contributed by atoms with Crippen LogP contribution in [-0.4, -0.2) is 26.3 Å². The molecule has 0 bridgehead atoms. The van der Waals surface area contributed by atoms with Crippen LogP contribution in [0.2, 0.25) is 0 Å². The Morgan fingerprint density at radius 3 is 2.72 bits per heavy atom. The van der Waals surface area contributed by atoms with Crippen molar-refractivity contribution in [3.8, 4) is 11.5 Å². The highest BCUT2D eigenvalue weighted by Gasteiger charge is 2.20. The van der Waals surface area contributed by atoms with Gasteiger partial charge in [0.2, 0.25) is 0 Å². The fourth-order valence-corrected chi connectivity index (χ4v) is 2.87. The van der Waals surface area contributed by atoms with Crippen molar-refractivity contribution in [3.05, 3.63) is 23.3 Å². The molecule has 1 aromatic carbocycles. The van der Waals surface area contributed by atoms with Crippen LogP contribution in [0.3, 0.4) is 0 Å². The lowest BCUT2D eigenvalue weighted by Crippen LogP contribution is -2.26. The van der Waals surface area contributed by atoms with Crippen molar-refractivity contribution in [1.29, 1.82) is 0 Å². The summed E-state index contributed by atoms with van der Waals surface area (Å²) in [4.78, 5) is 0. The van der Waals surface area contributed by atoms with Gasteiger partial charge < -0.3 is 14.8 Å². The fourth-order valence-electron chi connectivity index (χ4n) is 2.87. The topological polar surface area (TPSA) is 30.5 Å². The molecular weight excluding hydrogens is 226 g/mol. The third-order valence-electron chi connectivity index (χ3n) is 3.87. The molecule has 98 valence electrons. The van der Waals surface area contributed by atoms with E-state index in [0.717, 1.165) is 44.2 Å². The second kappa shape index (κ2) is 5.19. The minimum absolute atomic E-state index is 0.669. The Balaban J connectivity index is 1.91. The van der Waals surface area contributed by atoms with E-state index in [0.29, 0.717) is 5.92 Å². The normalized spacial score (nSPS) is 20.5. The van der Waals surface area contributed by atoms with Gasteiger partial charge in [-0.2, -0.15) is 0 Å². The van der Waals surface area contributed by atoms with Crippen LogP contribution >= 0.6 is 0 Å². The average molecular weight is 247 g/mol. The first-order chi connectivity index (χ1) is 8.84. The predicted octanol–water partition coefficient (Wildman–Crippen LogP) is 2.62. The van der Waals surface area contributed by atoms with Gasteiger partial charge >= 0.3 is 0 Å². The van der Waals surface area contributed by atoms with Crippen molar-refractivity contribution in [1.82, 2.24) is 5.32 Å². The van der Waals surface area contributed by atoms with Gasteiger partial charge in [-0.3, -0.25) is 0 Å². The van der Waals surface area contributed by atoms with Crippen LogP contribution in [0.5, 0.6) is 11.5 Å². The first-order valence-electron chi connectivity index (χ1n) is 6.95. The quantitative estimate of drug-likeness (QED) is 0.827. The summed E-state index contributed by atoms with van der Waals surface area (Å²) in [5, 5.41) is 3.42. The summed E-state index contributed by atoms with van der Waals surface area (Å²) in [5.74, 6) is 2.56. The molecule has 3 heteroatoms. The lowest BCUT2D eigenvalue weighted by Gasteiger charge is -2.24. The average Bonchev–Trinajstić information content (AvgIpc) is 2.65. The van der Waals surface area contributed by atoms with Crippen LogP contribution in [-0.2, 0) is 0 Å². The molecule has 1 aromatic rings. The Kier molecular flexibility index (Phi) is 3.41. The molecule has 0 saturated carbocycles. The smallest absolute Gasteiger partial charge is 0.164 e. The highest BCUT2D eigenvalue weighted by molar-refractivity contribution is 5.50. The highest BCUT2D eigenvalue weighted by Crippen LogP contribution is 2.38. The standard InChI is InChI=1S/C15H21NO2/c1-11-9-13(12-3-5-16-6-4-12)10-14-15(11)18-8-2-7-17-14/h9-10,12,16H,2-8H2,1H3. The van der Waals surface area contributed by atoms with Crippen molar-refractivity contribution in [2.24, 2.45) is 0 Å². The van der Waals surface area contributed by atoms with Crippen LogP contribution in [0.4, 0.5) is 0 Å². The molecule has 3 nitrogen and oxygen atoms in total. The Morgan fingerprint density at radius 1 is 1.11 bits per heavy atom. The van der Waals surface area contributed by atoms with Crippen molar-refractivity contribution < 1.29 is 9.47 Å². The van der Waals surface area contributed by atoms with E-state index in [9.17, 15) is 0 Å². The molecule has 0 unspecified atom stereocenters. The van der Waals surface area contributed by atoms with Gasteiger partial charge in [-0.05, 0) is 56.0 Å². The van der Waals surface area contributed by atoms with Crippen LogP contribution in [0.25, 0.3) is 0 Å². The monoisotopic (exact) mass is 247 g/mol. The van der Waals surface area contributed by atoms with Gasteiger partial charge in [-0.25, -0.2) is 0 Å².